The minimum absolute atomic E-state index is 0.261. The van der Waals surface area contributed by atoms with Gasteiger partial charge in [-0.2, -0.15) is 0 Å². The van der Waals surface area contributed by atoms with Gasteiger partial charge in [0.05, 0.1) is 34.9 Å². The van der Waals surface area contributed by atoms with Gasteiger partial charge in [-0.25, -0.2) is 0 Å². The lowest BCUT2D eigenvalue weighted by Gasteiger charge is -2.17. The van der Waals surface area contributed by atoms with Gasteiger partial charge in [0.15, 0.2) is 0 Å². The fourth-order valence-corrected chi connectivity index (χ4v) is 6.58. The molecule has 0 amide bonds. The third kappa shape index (κ3) is 4.31. The van der Waals surface area contributed by atoms with Crippen LogP contribution in [0.1, 0.15) is 17.3 Å². The van der Waals surface area contributed by atoms with Crippen molar-refractivity contribution in [3.05, 3.63) is 151 Å². The first-order chi connectivity index (χ1) is 21.2. The first kappa shape index (κ1) is 25.5. The van der Waals surface area contributed by atoms with Gasteiger partial charge < -0.3 is 14.9 Å². The summed E-state index contributed by atoms with van der Waals surface area (Å²) < 4.78 is 4.71. The third-order valence-corrected chi connectivity index (χ3v) is 8.66. The second-order valence-corrected chi connectivity index (χ2v) is 11.4. The Morgan fingerprint density at radius 3 is 2.02 bits per heavy atom. The number of benzene rings is 6. The topological polar surface area (TPSA) is 47.9 Å². The monoisotopic (exact) mass is 556 g/mol. The molecule has 8 rings (SSSR count). The molecule has 2 aromatic heterocycles. The van der Waals surface area contributed by atoms with Gasteiger partial charge >= 0.3 is 0 Å². The van der Waals surface area contributed by atoms with Gasteiger partial charge in [0.1, 0.15) is 0 Å². The lowest BCUT2D eigenvalue weighted by atomic mass is 10.0. The number of hydrogen-bond donors (Lipinski definition) is 2. The molecule has 1 unspecified atom stereocenters. The molecule has 0 aliphatic heterocycles. The summed E-state index contributed by atoms with van der Waals surface area (Å²) in [5.74, 6) is 0. The second kappa shape index (κ2) is 10.3. The fraction of sp³-hybridized carbons (Fsp3) is 0.0769. The van der Waals surface area contributed by atoms with Crippen LogP contribution in [0.15, 0.2) is 140 Å². The van der Waals surface area contributed by atoms with Crippen LogP contribution >= 0.6 is 0 Å². The molecule has 0 fully saturated rings. The number of fused-ring (bicyclic) bond motifs is 6. The van der Waals surface area contributed by atoms with Crippen molar-refractivity contribution in [2.24, 2.45) is 5.73 Å². The minimum Gasteiger partial charge on any atom is -0.327 e. The Labute approximate surface area is 250 Å². The molecule has 2 heterocycles. The van der Waals surface area contributed by atoms with Gasteiger partial charge in [0.25, 0.3) is 0 Å². The van der Waals surface area contributed by atoms with E-state index in [2.05, 4.69) is 161 Å². The van der Waals surface area contributed by atoms with Gasteiger partial charge in [0.2, 0.25) is 0 Å². The number of rotatable bonds is 6. The maximum Gasteiger partial charge on any atom is 0.0823 e. The molecule has 4 nitrogen and oxygen atoms in total. The van der Waals surface area contributed by atoms with Crippen LogP contribution in [0.3, 0.4) is 0 Å². The lowest BCUT2D eigenvalue weighted by molar-refractivity contribution is 0.488. The molecule has 4 heteroatoms. The predicted octanol–water partition coefficient (Wildman–Crippen LogP) is 9.07. The summed E-state index contributed by atoms with van der Waals surface area (Å²) in [7, 11) is 0. The Morgan fingerprint density at radius 2 is 1.21 bits per heavy atom. The summed E-state index contributed by atoms with van der Waals surface area (Å²) in [6.07, 6.45) is -0.261. The molecule has 0 saturated heterocycles. The Bertz CT molecular complexity index is 2270. The van der Waals surface area contributed by atoms with Crippen LogP contribution in [0.25, 0.3) is 60.4 Å². The molecule has 0 aliphatic rings. The minimum atomic E-state index is -0.261. The molecule has 0 spiro atoms. The quantitative estimate of drug-likeness (QED) is 0.201. The first-order valence-corrected chi connectivity index (χ1v) is 14.8. The van der Waals surface area contributed by atoms with E-state index in [9.17, 15) is 0 Å². The number of aryl methyl sites for hydroxylation is 1. The highest BCUT2D eigenvalue weighted by molar-refractivity contribution is 6.11. The zero-order valence-corrected chi connectivity index (χ0v) is 24.0. The largest absolute Gasteiger partial charge is 0.327 e. The number of nitrogens with zero attached hydrogens (tertiary/aromatic N) is 2. The first-order valence-electron chi connectivity index (χ1n) is 14.8. The lowest BCUT2D eigenvalue weighted by Crippen LogP contribution is -2.30. The van der Waals surface area contributed by atoms with Crippen LogP contribution in [0.4, 0.5) is 0 Å². The van der Waals surface area contributed by atoms with E-state index in [0.29, 0.717) is 6.67 Å². The Kier molecular flexibility index (Phi) is 6.11. The highest BCUT2D eigenvalue weighted by Gasteiger charge is 2.16. The van der Waals surface area contributed by atoms with Crippen molar-refractivity contribution in [1.29, 1.82) is 0 Å². The summed E-state index contributed by atoms with van der Waals surface area (Å²) in [6.45, 7) is 2.70. The van der Waals surface area contributed by atoms with Crippen LogP contribution in [-0.4, -0.2) is 9.13 Å². The van der Waals surface area contributed by atoms with E-state index < -0.39 is 0 Å². The number of aromatic nitrogens is 2. The molecule has 3 N–H and O–H groups in total. The molecule has 0 saturated carbocycles. The summed E-state index contributed by atoms with van der Waals surface area (Å²) in [5, 5.41) is 8.57. The van der Waals surface area contributed by atoms with Crippen LogP contribution in [0.5, 0.6) is 0 Å². The van der Waals surface area contributed by atoms with Gasteiger partial charge in [-0.05, 0) is 66.1 Å². The number of para-hydroxylation sites is 3. The Hall–Kier alpha value is -5.16. The molecule has 0 radical (unpaired) electrons. The summed E-state index contributed by atoms with van der Waals surface area (Å²) in [4.78, 5) is 0. The van der Waals surface area contributed by atoms with E-state index >= 15 is 0 Å². The maximum atomic E-state index is 6.61. The zero-order chi connectivity index (χ0) is 28.9. The van der Waals surface area contributed by atoms with Gasteiger partial charge in [0, 0.05) is 27.2 Å². The average molecular weight is 557 g/mol. The van der Waals surface area contributed by atoms with E-state index in [4.69, 9.17) is 5.73 Å². The zero-order valence-electron chi connectivity index (χ0n) is 24.0. The van der Waals surface area contributed by atoms with Gasteiger partial charge in [-0.3, -0.25) is 5.32 Å². The Morgan fingerprint density at radius 1 is 0.558 bits per heavy atom. The number of nitrogens with one attached hydrogen (secondary N) is 1. The van der Waals surface area contributed by atoms with E-state index in [-0.39, 0.29) is 6.17 Å². The molecular weight excluding hydrogens is 524 g/mol. The highest BCUT2D eigenvalue weighted by atomic mass is 15.2. The number of nitrogens with two attached hydrogens (primary N) is 1. The van der Waals surface area contributed by atoms with Gasteiger partial charge in [-0.1, -0.05) is 103 Å². The van der Waals surface area contributed by atoms with Crippen molar-refractivity contribution in [2.45, 2.75) is 19.8 Å². The maximum absolute atomic E-state index is 6.61. The van der Waals surface area contributed by atoms with Crippen molar-refractivity contribution in [3.8, 4) is 16.8 Å². The third-order valence-electron chi connectivity index (χ3n) is 8.66. The van der Waals surface area contributed by atoms with E-state index in [1.807, 2.05) is 0 Å². The molecule has 0 aliphatic carbocycles. The van der Waals surface area contributed by atoms with Crippen molar-refractivity contribution in [1.82, 2.24) is 14.5 Å². The standard InChI is InChI=1S/C39H32N4/c1-26-10-9-11-29(22-26)39(40)41-25-42-35-16-7-5-14-31(35)33-20-18-28(24-38(33)42)27-19-21-37-34(23-27)32-15-6-8-17-36(32)43(37)30-12-3-2-4-13-30/h2-24,39,41H,25,40H2,1H3. The van der Waals surface area contributed by atoms with Gasteiger partial charge in [-0.15, -0.1) is 0 Å². The molecule has 208 valence electrons. The van der Waals surface area contributed by atoms with Crippen molar-refractivity contribution < 1.29 is 0 Å². The van der Waals surface area contributed by atoms with E-state index in [1.165, 1.54) is 66.0 Å². The highest BCUT2D eigenvalue weighted by Crippen LogP contribution is 2.37. The molecule has 0 bridgehead atoms. The SMILES string of the molecule is Cc1cccc(C(N)NCn2c3ccccc3c3ccc(-c4ccc5c(c4)c4ccccc4n5-c4ccccc4)cc32)c1. The Balaban J connectivity index is 1.24. The van der Waals surface area contributed by atoms with Crippen LogP contribution in [-0.2, 0) is 6.67 Å². The average Bonchev–Trinajstić information content (AvgIpc) is 3.56. The number of hydrogen-bond acceptors (Lipinski definition) is 2. The summed E-state index contributed by atoms with van der Waals surface area (Å²) >= 11 is 0. The summed E-state index contributed by atoms with van der Waals surface area (Å²) in [5.41, 5.74) is 17.3. The van der Waals surface area contributed by atoms with E-state index in [0.717, 1.165) is 5.56 Å². The van der Waals surface area contributed by atoms with Crippen LogP contribution < -0.4 is 11.1 Å². The smallest absolute Gasteiger partial charge is 0.0823 e. The van der Waals surface area contributed by atoms with Crippen molar-refractivity contribution in [2.75, 3.05) is 0 Å². The molecule has 1 atom stereocenters. The molecular formula is C39H32N4. The fourth-order valence-electron chi connectivity index (χ4n) is 6.58. The van der Waals surface area contributed by atoms with Crippen LogP contribution in [0.2, 0.25) is 0 Å². The normalized spacial score (nSPS) is 12.5. The molecule has 6 aromatic carbocycles. The van der Waals surface area contributed by atoms with Crippen LogP contribution in [0, 0.1) is 6.92 Å². The van der Waals surface area contributed by atoms with Crippen molar-refractivity contribution in [3.63, 3.8) is 0 Å². The predicted molar refractivity (Wildman–Crippen MR) is 180 cm³/mol. The molecule has 8 aromatic rings. The second-order valence-electron chi connectivity index (χ2n) is 11.4. The molecule has 43 heavy (non-hydrogen) atoms. The summed E-state index contributed by atoms with van der Waals surface area (Å²) in [6, 6.07) is 50.0. The van der Waals surface area contributed by atoms with Crippen molar-refractivity contribution >= 4 is 43.6 Å². The van der Waals surface area contributed by atoms with E-state index in [1.54, 1.807) is 0 Å².